The normalized spacial score (nSPS) is 10.9. The van der Waals surface area contributed by atoms with Gasteiger partial charge in [-0.1, -0.05) is 78.9 Å². The lowest BCUT2D eigenvalue weighted by Crippen LogP contribution is -2.68. The lowest BCUT2D eigenvalue weighted by Gasteiger charge is -2.17. The van der Waals surface area contributed by atoms with Crippen LogP contribution in [0, 0.1) is 10.2 Å². The third-order valence-electron chi connectivity index (χ3n) is 5.44. The van der Waals surface area contributed by atoms with Crippen molar-refractivity contribution in [1.29, 1.82) is 0 Å². The van der Waals surface area contributed by atoms with Crippen LogP contribution in [0.15, 0.2) is 127 Å². The van der Waals surface area contributed by atoms with Gasteiger partial charge in [-0.3, -0.25) is 0 Å². The molecule has 1 N–H and O–H groups in total. The smallest absolute Gasteiger partial charge is 0.253 e. The first-order chi connectivity index (χ1) is 17.3. The zero-order valence-corrected chi connectivity index (χ0v) is 19.8. The van der Waals surface area contributed by atoms with Crippen LogP contribution in [0.2, 0.25) is 0 Å². The van der Waals surface area contributed by atoms with E-state index in [2.05, 4.69) is 65.2 Å². The fourth-order valence-corrected chi connectivity index (χ4v) is 3.95. The second kappa shape index (κ2) is 11.1. The molecule has 4 aromatic carbocycles. The number of hydrogen-bond donors (Lipinski definition) is 1. The summed E-state index contributed by atoms with van der Waals surface area (Å²) in [4.78, 5) is 0. The van der Waals surface area contributed by atoms with Gasteiger partial charge in [-0.05, 0) is 41.5 Å². The van der Waals surface area contributed by atoms with Crippen molar-refractivity contribution in [3.05, 3.63) is 127 Å². The number of phenols is 1. The zero-order valence-electron chi connectivity index (χ0n) is 19.0. The van der Waals surface area contributed by atoms with E-state index in [4.69, 9.17) is 18.6 Å². The summed E-state index contributed by atoms with van der Waals surface area (Å²) >= 11 is 0. The van der Waals surface area contributed by atoms with Gasteiger partial charge in [0.25, 0.3) is 5.69 Å². The van der Waals surface area contributed by atoms with Gasteiger partial charge < -0.3 is 5.11 Å². The van der Waals surface area contributed by atoms with E-state index in [0.717, 1.165) is 39.3 Å². The number of rotatable bonds is 4. The van der Waals surface area contributed by atoms with Gasteiger partial charge in [0, 0.05) is 29.3 Å². The van der Waals surface area contributed by atoms with E-state index in [1.54, 1.807) is 6.07 Å². The molecule has 7 heteroatoms. The Balaban J connectivity index is 0.000000556. The van der Waals surface area contributed by atoms with E-state index in [-0.39, 0.29) is 5.75 Å². The lowest BCUT2D eigenvalue weighted by molar-refractivity contribution is -2.00. The Morgan fingerprint density at radius 3 is 1.25 bits per heavy atom. The van der Waals surface area contributed by atoms with Crippen LogP contribution in [0.4, 0.5) is 0 Å². The molecule has 5 rings (SSSR count). The maximum absolute atomic E-state index is 10.8. The number of aromatic hydroxyl groups is 1. The van der Waals surface area contributed by atoms with E-state index in [1.807, 2.05) is 60.7 Å². The number of phenolic OH excluding ortho intramolecular Hbond substituents is 1. The Morgan fingerprint density at radius 1 is 0.472 bits per heavy atom. The standard InChI is InChI=1S/C29H21NO.ClHO4/c31-29-19-11-10-18-26(29)30-27(23-14-6-2-7-15-23)20-25(22-12-4-1-5-13-22)21-28(30)24-16-8-3-9-17-24;2-1(3,4)5/h1-21H;(H,2,3,4,5). The summed E-state index contributed by atoms with van der Waals surface area (Å²) < 4.78 is 36.1. The fourth-order valence-electron chi connectivity index (χ4n) is 3.95. The average Bonchev–Trinajstić information content (AvgIpc) is 2.89. The van der Waals surface area contributed by atoms with Crippen LogP contribution in [0.5, 0.6) is 5.75 Å². The van der Waals surface area contributed by atoms with Gasteiger partial charge in [-0.15, -0.1) is 14.8 Å². The van der Waals surface area contributed by atoms with E-state index in [0.29, 0.717) is 0 Å². The first-order valence-corrected chi connectivity index (χ1v) is 12.2. The summed E-state index contributed by atoms with van der Waals surface area (Å²) in [6.45, 7) is 0. The molecule has 5 aromatic rings. The molecule has 1 aromatic heterocycles. The molecule has 0 spiro atoms. The van der Waals surface area contributed by atoms with Gasteiger partial charge >= 0.3 is 0 Å². The number of halogens is 1. The quantitative estimate of drug-likeness (QED) is 0.379. The third kappa shape index (κ3) is 6.34. The van der Waals surface area contributed by atoms with Crippen molar-refractivity contribution in [3.8, 4) is 45.1 Å². The fraction of sp³-hybridized carbons (Fsp3) is 0. The van der Waals surface area contributed by atoms with Crippen molar-refractivity contribution in [2.45, 2.75) is 0 Å². The van der Waals surface area contributed by atoms with Crippen LogP contribution >= 0.6 is 0 Å². The summed E-state index contributed by atoms with van der Waals surface area (Å²) in [5, 5.41) is 10.8. The molecule has 0 unspecified atom stereocenters. The average molecular weight is 500 g/mol. The Bertz CT molecular complexity index is 1360. The SMILES string of the molecule is Oc1ccccc1-[n+]1c(-c2ccccc2)cc(-c2ccccc2)cc1-c1ccccc1.[O-][Cl+3]([O-])([O-])[O-]. The number of benzene rings is 4. The van der Waals surface area contributed by atoms with Crippen molar-refractivity contribution in [2.75, 3.05) is 0 Å². The highest BCUT2D eigenvalue weighted by Gasteiger charge is 2.26. The Labute approximate surface area is 211 Å². The molecule has 0 radical (unpaired) electrons. The molecule has 0 amide bonds. The topological polar surface area (TPSA) is 116 Å². The first kappa shape index (κ1) is 25.1. The van der Waals surface area contributed by atoms with Crippen molar-refractivity contribution >= 4 is 0 Å². The van der Waals surface area contributed by atoms with E-state index >= 15 is 0 Å². The third-order valence-corrected chi connectivity index (χ3v) is 5.44. The number of hydrogen-bond acceptors (Lipinski definition) is 5. The summed E-state index contributed by atoms with van der Waals surface area (Å²) in [5.41, 5.74) is 7.23. The lowest BCUT2D eigenvalue weighted by atomic mass is 9.98. The highest BCUT2D eigenvalue weighted by molar-refractivity contribution is 5.74. The van der Waals surface area contributed by atoms with Crippen molar-refractivity contribution in [3.63, 3.8) is 0 Å². The Morgan fingerprint density at radius 2 is 0.833 bits per heavy atom. The minimum absolute atomic E-state index is 0.245. The molecule has 0 aliphatic carbocycles. The first-order valence-electron chi connectivity index (χ1n) is 11.0. The molecule has 0 atom stereocenters. The predicted octanol–water partition coefficient (Wildman–Crippen LogP) is 1.91. The molecule has 0 saturated heterocycles. The van der Waals surface area contributed by atoms with Gasteiger partial charge in [0.15, 0.2) is 5.75 Å². The molecular formula is C29H22ClNO5. The maximum atomic E-state index is 10.8. The molecule has 0 saturated carbocycles. The summed E-state index contributed by atoms with van der Waals surface area (Å²) in [5.74, 6) is 0.245. The minimum Gasteiger partial charge on any atom is -0.502 e. The molecule has 6 nitrogen and oxygen atoms in total. The van der Waals surface area contributed by atoms with Crippen LogP contribution in [0.3, 0.4) is 0 Å². The Kier molecular flexibility index (Phi) is 7.75. The molecule has 36 heavy (non-hydrogen) atoms. The zero-order chi connectivity index (χ0) is 25.5. The van der Waals surface area contributed by atoms with Crippen LogP contribution in [0.1, 0.15) is 0 Å². The number of nitrogens with zero attached hydrogens (tertiary/aromatic N) is 1. The Hall–Kier alpha value is -4.04. The largest absolute Gasteiger partial charge is 0.502 e. The minimum atomic E-state index is -4.94. The number of pyridine rings is 1. The second-order valence-corrected chi connectivity index (χ2v) is 8.57. The van der Waals surface area contributed by atoms with E-state index in [1.165, 1.54) is 0 Å². The van der Waals surface area contributed by atoms with Gasteiger partial charge in [0.2, 0.25) is 11.4 Å². The second-order valence-electron chi connectivity index (χ2n) is 7.81. The number of aromatic nitrogens is 1. The van der Waals surface area contributed by atoms with E-state index in [9.17, 15) is 5.11 Å². The summed E-state index contributed by atoms with van der Waals surface area (Å²) in [6, 6.07) is 42.9. The number of para-hydroxylation sites is 2. The highest BCUT2D eigenvalue weighted by atomic mass is 35.7. The highest BCUT2D eigenvalue weighted by Crippen LogP contribution is 2.31. The van der Waals surface area contributed by atoms with Crippen LogP contribution in [-0.4, -0.2) is 5.11 Å². The molecule has 0 fully saturated rings. The molecule has 0 aliphatic rings. The molecule has 0 aliphatic heterocycles. The summed E-state index contributed by atoms with van der Waals surface area (Å²) in [7, 11) is -4.94. The van der Waals surface area contributed by atoms with Gasteiger partial charge in [0.05, 0.1) is 0 Å². The molecule has 0 bridgehead atoms. The van der Waals surface area contributed by atoms with Gasteiger partial charge in [0.1, 0.15) is 0 Å². The summed E-state index contributed by atoms with van der Waals surface area (Å²) in [6.07, 6.45) is 0. The van der Waals surface area contributed by atoms with Crippen LogP contribution in [-0.2, 0) is 0 Å². The predicted molar refractivity (Wildman–Crippen MR) is 126 cm³/mol. The van der Waals surface area contributed by atoms with Crippen LogP contribution in [0.25, 0.3) is 39.3 Å². The molecule has 1 heterocycles. The monoisotopic (exact) mass is 499 g/mol. The molecule has 180 valence electrons. The molecular weight excluding hydrogens is 478 g/mol. The van der Waals surface area contributed by atoms with Crippen molar-refractivity contribution in [2.24, 2.45) is 0 Å². The van der Waals surface area contributed by atoms with Gasteiger partial charge in [-0.2, -0.15) is 0 Å². The van der Waals surface area contributed by atoms with E-state index < -0.39 is 10.2 Å². The van der Waals surface area contributed by atoms with Crippen LogP contribution < -0.4 is 23.2 Å². The van der Waals surface area contributed by atoms with Crippen molar-refractivity contribution < 1.29 is 38.6 Å². The van der Waals surface area contributed by atoms with Gasteiger partial charge in [-0.25, -0.2) is 18.6 Å². The maximum Gasteiger partial charge on any atom is 0.253 e. The van der Waals surface area contributed by atoms with Crippen molar-refractivity contribution in [1.82, 2.24) is 0 Å².